The van der Waals surface area contributed by atoms with Gasteiger partial charge >= 0.3 is 6.01 Å². The molecule has 4 aromatic heterocycles. The van der Waals surface area contributed by atoms with E-state index in [1.54, 1.807) is 30.9 Å². The molecule has 4 rings (SSSR count). The van der Waals surface area contributed by atoms with Crippen molar-refractivity contribution in [3.8, 4) is 12.1 Å². The Morgan fingerprint density at radius 1 is 1.07 bits per heavy atom. The van der Waals surface area contributed by atoms with E-state index in [9.17, 15) is 5.26 Å². The number of nitriles is 1. The summed E-state index contributed by atoms with van der Waals surface area (Å²) in [6.07, 6.45) is 7.54. The number of fused-ring (bicyclic) bond motifs is 1. The van der Waals surface area contributed by atoms with Crippen LogP contribution in [0.2, 0.25) is 0 Å². The van der Waals surface area contributed by atoms with Crippen LogP contribution in [-0.4, -0.2) is 31.5 Å². The van der Waals surface area contributed by atoms with E-state index >= 15 is 0 Å². The second kappa shape index (κ2) is 7.85. The van der Waals surface area contributed by atoms with E-state index in [-0.39, 0.29) is 6.01 Å². The topological polar surface area (TPSA) is 97.5 Å². The Kier molecular flexibility index (Phi) is 4.94. The van der Waals surface area contributed by atoms with Gasteiger partial charge in [0.05, 0.1) is 18.4 Å². The van der Waals surface area contributed by atoms with Crippen LogP contribution in [-0.2, 0) is 6.42 Å². The van der Waals surface area contributed by atoms with E-state index in [2.05, 4.69) is 31.0 Å². The van der Waals surface area contributed by atoms with Crippen LogP contribution in [0.5, 0.6) is 6.01 Å². The number of ether oxygens (including phenoxy) is 1. The molecular weight excluding hydrogens is 360 g/mol. The highest BCUT2D eigenvalue weighted by atomic mass is 32.1. The third-order valence-electron chi connectivity index (χ3n) is 3.85. The number of rotatable bonds is 6. The van der Waals surface area contributed by atoms with Gasteiger partial charge in [0.1, 0.15) is 21.3 Å². The fourth-order valence-electron chi connectivity index (χ4n) is 2.55. The van der Waals surface area contributed by atoms with Gasteiger partial charge in [-0.05, 0) is 29.8 Å². The molecule has 0 saturated heterocycles. The van der Waals surface area contributed by atoms with Crippen molar-refractivity contribution in [2.24, 2.45) is 0 Å². The van der Waals surface area contributed by atoms with Crippen LogP contribution < -0.4 is 4.74 Å². The molecule has 0 spiro atoms. The van der Waals surface area contributed by atoms with Gasteiger partial charge in [0.15, 0.2) is 0 Å². The maximum atomic E-state index is 9.66. The Labute approximate surface area is 159 Å². The summed E-state index contributed by atoms with van der Waals surface area (Å²) in [6.45, 7) is 0.428. The molecule has 4 heterocycles. The Morgan fingerprint density at radius 3 is 2.81 bits per heavy atom. The lowest BCUT2D eigenvalue weighted by Crippen LogP contribution is -2.07. The van der Waals surface area contributed by atoms with Gasteiger partial charge in [-0.15, -0.1) is 0 Å². The molecule has 0 fully saturated rings. The van der Waals surface area contributed by atoms with Crippen LogP contribution in [0.25, 0.3) is 10.3 Å². The molecule has 1 unspecified atom stereocenters. The number of pyridine rings is 2. The Bertz CT molecular complexity index is 1060. The zero-order valence-corrected chi connectivity index (χ0v) is 15.0. The van der Waals surface area contributed by atoms with Crippen molar-refractivity contribution in [2.45, 2.75) is 12.3 Å². The molecule has 0 saturated carbocycles. The summed E-state index contributed by atoms with van der Waals surface area (Å²) in [7, 11) is 0. The van der Waals surface area contributed by atoms with Crippen LogP contribution in [0.1, 0.15) is 22.2 Å². The van der Waals surface area contributed by atoms with Gasteiger partial charge in [0, 0.05) is 31.2 Å². The van der Waals surface area contributed by atoms with Gasteiger partial charge in [-0.2, -0.15) is 10.2 Å². The van der Waals surface area contributed by atoms with E-state index in [1.165, 1.54) is 11.3 Å². The van der Waals surface area contributed by atoms with E-state index in [0.29, 0.717) is 23.7 Å². The van der Waals surface area contributed by atoms with Crippen molar-refractivity contribution >= 4 is 21.7 Å². The maximum Gasteiger partial charge on any atom is 0.316 e. The lowest BCUT2D eigenvalue weighted by molar-refractivity contribution is 0.295. The molecule has 132 valence electrons. The van der Waals surface area contributed by atoms with Crippen molar-refractivity contribution in [3.63, 3.8) is 0 Å². The molecule has 0 radical (unpaired) electrons. The van der Waals surface area contributed by atoms with Gasteiger partial charge < -0.3 is 4.74 Å². The molecule has 0 aliphatic heterocycles. The fourth-order valence-corrected chi connectivity index (χ4v) is 3.51. The number of hydrogen-bond donors (Lipinski definition) is 0. The Morgan fingerprint density at radius 2 is 2.00 bits per heavy atom. The zero-order valence-electron chi connectivity index (χ0n) is 14.2. The lowest BCUT2D eigenvalue weighted by Gasteiger charge is -2.08. The molecule has 27 heavy (non-hydrogen) atoms. The largest absolute Gasteiger partial charge is 0.463 e. The van der Waals surface area contributed by atoms with Crippen molar-refractivity contribution in [2.75, 3.05) is 6.61 Å². The molecule has 0 aromatic carbocycles. The summed E-state index contributed by atoms with van der Waals surface area (Å²) in [5.74, 6) is -0.590. The normalized spacial score (nSPS) is 11.8. The minimum absolute atomic E-state index is 0.246. The molecule has 0 bridgehead atoms. The van der Waals surface area contributed by atoms with Crippen LogP contribution in [0, 0.1) is 11.3 Å². The lowest BCUT2D eigenvalue weighted by atomic mass is 10.1. The second-order valence-electron chi connectivity index (χ2n) is 5.67. The van der Waals surface area contributed by atoms with Crippen molar-refractivity contribution in [3.05, 3.63) is 71.4 Å². The predicted octanol–water partition coefficient (Wildman–Crippen LogP) is 3.15. The quantitative estimate of drug-likeness (QED) is 0.511. The van der Waals surface area contributed by atoms with Gasteiger partial charge in [-0.1, -0.05) is 17.4 Å². The summed E-state index contributed by atoms with van der Waals surface area (Å²) in [5.41, 5.74) is 2.41. The third-order valence-corrected chi connectivity index (χ3v) is 4.90. The van der Waals surface area contributed by atoms with Gasteiger partial charge in [0.2, 0.25) is 0 Å². The van der Waals surface area contributed by atoms with Gasteiger partial charge in [-0.25, -0.2) is 15.0 Å². The van der Waals surface area contributed by atoms with Gasteiger partial charge in [0.25, 0.3) is 0 Å². The first-order valence-electron chi connectivity index (χ1n) is 8.29. The molecule has 8 heteroatoms. The summed E-state index contributed by atoms with van der Waals surface area (Å²) >= 11 is 1.39. The first kappa shape index (κ1) is 17.0. The van der Waals surface area contributed by atoms with Crippen LogP contribution >= 0.6 is 11.3 Å². The summed E-state index contributed by atoms with van der Waals surface area (Å²) < 4.78 is 5.65. The molecule has 0 aliphatic carbocycles. The monoisotopic (exact) mass is 374 g/mol. The third kappa shape index (κ3) is 3.88. The minimum Gasteiger partial charge on any atom is -0.463 e. The highest BCUT2D eigenvalue weighted by Crippen LogP contribution is 2.29. The molecule has 7 nitrogen and oxygen atoms in total. The molecule has 1 atom stereocenters. The summed E-state index contributed by atoms with van der Waals surface area (Å²) in [4.78, 5) is 22.2. The SMILES string of the molecule is N#CC(c1ccnc(OCCc2cccnc2)n1)c1nc2cccnc2s1. The predicted molar refractivity (Wildman–Crippen MR) is 100 cm³/mol. The zero-order chi connectivity index (χ0) is 18.5. The summed E-state index contributed by atoms with van der Waals surface area (Å²) in [6, 6.07) is 11.8. The van der Waals surface area contributed by atoms with Crippen LogP contribution in [0.15, 0.2) is 55.1 Å². The fraction of sp³-hybridized carbons (Fsp3) is 0.158. The average Bonchev–Trinajstić information content (AvgIpc) is 3.13. The van der Waals surface area contributed by atoms with E-state index in [4.69, 9.17) is 4.74 Å². The second-order valence-corrected chi connectivity index (χ2v) is 6.67. The highest BCUT2D eigenvalue weighted by Gasteiger charge is 2.20. The summed E-state index contributed by atoms with van der Waals surface area (Å²) in [5, 5.41) is 10.3. The van der Waals surface area contributed by atoms with E-state index in [1.807, 2.05) is 24.3 Å². The van der Waals surface area contributed by atoms with E-state index in [0.717, 1.165) is 15.9 Å². The first-order valence-corrected chi connectivity index (χ1v) is 9.11. The Hall–Kier alpha value is -3.44. The van der Waals surface area contributed by atoms with Crippen molar-refractivity contribution in [1.82, 2.24) is 24.9 Å². The van der Waals surface area contributed by atoms with E-state index < -0.39 is 5.92 Å². The van der Waals surface area contributed by atoms with Crippen molar-refractivity contribution in [1.29, 1.82) is 5.26 Å². The standard InChI is InChI=1S/C19H14N6OS/c20-11-14(17-24-16-4-2-8-22-18(16)27-17)15-5-9-23-19(25-15)26-10-6-13-3-1-7-21-12-13/h1-5,7-9,12,14H,6,10H2. The maximum absolute atomic E-state index is 9.66. The highest BCUT2D eigenvalue weighted by molar-refractivity contribution is 7.18. The first-order chi connectivity index (χ1) is 13.3. The number of aromatic nitrogens is 5. The van der Waals surface area contributed by atoms with Crippen LogP contribution in [0.3, 0.4) is 0 Å². The molecular formula is C19H14N6OS. The van der Waals surface area contributed by atoms with Crippen LogP contribution in [0.4, 0.5) is 0 Å². The number of hydrogen-bond acceptors (Lipinski definition) is 8. The Balaban J connectivity index is 1.51. The number of thiazole rings is 1. The average molecular weight is 374 g/mol. The number of nitrogens with zero attached hydrogens (tertiary/aromatic N) is 6. The molecule has 0 aliphatic rings. The van der Waals surface area contributed by atoms with Crippen molar-refractivity contribution < 1.29 is 4.74 Å². The molecule has 4 aromatic rings. The molecule has 0 N–H and O–H groups in total. The minimum atomic E-state index is -0.590. The molecule has 0 amide bonds. The van der Waals surface area contributed by atoms with Gasteiger partial charge in [-0.3, -0.25) is 4.98 Å². The smallest absolute Gasteiger partial charge is 0.316 e.